The zero-order valence-electron chi connectivity index (χ0n) is 7.32. The van der Waals surface area contributed by atoms with Crippen molar-refractivity contribution in [2.24, 2.45) is 0 Å². The molecule has 0 saturated carbocycles. The molecule has 0 amide bonds. The number of aliphatic hydroxyl groups is 1. The summed E-state index contributed by atoms with van der Waals surface area (Å²) in [6.45, 7) is 2.95. The number of hydrogen-bond acceptors (Lipinski definition) is 2. The Bertz CT molecular complexity index is 280. The minimum Gasteiger partial charge on any atom is -0.387 e. The van der Waals surface area contributed by atoms with E-state index in [-0.39, 0.29) is 6.10 Å². The van der Waals surface area contributed by atoms with Gasteiger partial charge in [0.25, 0.3) is 0 Å². The second kappa shape index (κ2) is 2.90. The first-order valence-electron chi connectivity index (χ1n) is 4.55. The van der Waals surface area contributed by atoms with E-state index in [1.165, 1.54) is 5.56 Å². The van der Waals surface area contributed by atoms with E-state index in [0.717, 1.165) is 31.5 Å². The molecule has 1 aliphatic carbocycles. The lowest BCUT2D eigenvalue weighted by Crippen LogP contribution is -2.08. The van der Waals surface area contributed by atoms with Crippen LogP contribution in [-0.2, 0) is 13.0 Å². The summed E-state index contributed by atoms with van der Waals surface area (Å²) in [4.78, 5) is 0. The maximum atomic E-state index is 9.59. The minimum absolute atomic E-state index is 0.318. The summed E-state index contributed by atoms with van der Waals surface area (Å²) in [5.74, 6) is 0. The lowest BCUT2D eigenvalue weighted by Gasteiger charge is -2.14. The van der Waals surface area contributed by atoms with Crippen molar-refractivity contribution in [2.45, 2.75) is 38.8 Å². The molecular weight excluding hydrogens is 152 g/mol. The molecule has 0 bridgehead atoms. The summed E-state index contributed by atoms with van der Waals surface area (Å²) < 4.78 is 1.90. The highest BCUT2D eigenvalue weighted by Crippen LogP contribution is 2.27. The van der Waals surface area contributed by atoms with Gasteiger partial charge in [0.05, 0.1) is 11.8 Å². The average Bonchev–Trinajstić information content (AvgIpc) is 2.49. The van der Waals surface area contributed by atoms with Crippen LogP contribution in [0, 0.1) is 0 Å². The van der Waals surface area contributed by atoms with Gasteiger partial charge in [-0.05, 0) is 31.7 Å². The molecule has 0 radical (unpaired) electrons. The van der Waals surface area contributed by atoms with Crippen LogP contribution in [0.15, 0.2) is 6.20 Å². The van der Waals surface area contributed by atoms with Crippen molar-refractivity contribution in [1.29, 1.82) is 0 Å². The molecular formula is C9H14N2O. The third-order valence-corrected chi connectivity index (χ3v) is 2.43. The standard InChI is InChI=1S/C9H14N2O/c1-2-11-6-7-4-3-5-8(12)9(7)10-11/h6,8,12H,2-5H2,1H3. The Morgan fingerprint density at radius 3 is 3.25 bits per heavy atom. The SMILES string of the molecule is CCn1cc2c(n1)C(O)CCC2. The quantitative estimate of drug-likeness (QED) is 0.682. The Kier molecular flexibility index (Phi) is 1.89. The van der Waals surface area contributed by atoms with Crippen molar-refractivity contribution >= 4 is 0 Å². The van der Waals surface area contributed by atoms with E-state index in [9.17, 15) is 5.11 Å². The Hall–Kier alpha value is -0.830. The van der Waals surface area contributed by atoms with Gasteiger partial charge >= 0.3 is 0 Å². The van der Waals surface area contributed by atoms with Crippen molar-refractivity contribution in [2.75, 3.05) is 0 Å². The van der Waals surface area contributed by atoms with Gasteiger partial charge < -0.3 is 5.11 Å². The molecule has 3 nitrogen and oxygen atoms in total. The van der Waals surface area contributed by atoms with Crippen LogP contribution in [0.4, 0.5) is 0 Å². The van der Waals surface area contributed by atoms with Gasteiger partial charge in [0, 0.05) is 12.7 Å². The molecule has 3 heteroatoms. The summed E-state index contributed by atoms with van der Waals surface area (Å²) in [7, 11) is 0. The van der Waals surface area contributed by atoms with Gasteiger partial charge in [-0.3, -0.25) is 4.68 Å². The van der Waals surface area contributed by atoms with Crippen LogP contribution in [0.25, 0.3) is 0 Å². The molecule has 1 atom stereocenters. The number of fused-ring (bicyclic) bond motifs is 1. The van der Waals surface area contributed by atoms with Gasteiger partial charge in [-0.15, -0.1) is 0 Å². The zero-order valence-corrected chi connectivity index (χ0v) is 7.32. The fourth-order valence-electron chi connectivity index (χ4n) is 1.74. The first kappa shape index (κ1) is 7.80. The van der Waals surface area contributed by atoms with Gasteiger partial charge in [-0.2, -0.15) is 5.10 Å². The molecule has 0 fully saturated rings. The summed E-state index contributed by atoms with van der Waals surface area (Å²) >= 11 is 0. The highest BCUT2D eigenvalue weighted by molar-refractivity contribution is 5.21. The monoisotopic (exact) mass is 166 g/mol. The molecule has 2 rings (SSSR count). The minimum atomic E-state index is -0.318. The van der Waals surface area contributed by atoms with E-state index < -0.39 is 0 Å². The zero-order chi connectivity index (χ0) is 8.55. The van der Waals surface area contributed by atoms with Gasteiger partial charge in [0.15, 0.2) is 0 Å². The normalized spacial score (nSPS) is 22.3. The Balaban J connectivity index is 2.37. The molecule has 1 N–H and O–H groups in total. The van der Waals surface area contributed by atoms with E-state index in [2.05, 4.69) is 18.2 Å². The maximum Gasteiger partial charge on any atom is 0.0981 e. The molecule has 1 aromatic rings. The smallest absolute Gasteiger partial charge is 0.0981 e. The van der Waals surface area contributed by atoms with E-state index in [4.69, 9.17) is 0 Å². The highest BCUT2D eigenvalue weighted by atomic mass is 16.3. The van der Waals surface area contributed by atoms with E-state index in [0.29, 0.717) is 0 Å². The molecule has 66 valence electrons. The first-order chi connectivity index (χ1) is 5.81. The number of aryl methyl sites for hydroxylation is 2. The number of aromatic nitrogens is 2. The Morgan fingerprint density at radius 1 is 1.75 bits per heavy atom. The van der Waals surface area contributed by atoms with Crippen molar-refractivity contribution in [3.63, 3.8) is 0 Å². The molecule has 0 saturated heterocycles. The average molecular weight is 166 g/mol. The molecule has 1 heterocycles. The molecule has 12 heavy (non-hydrogen) atoms. The number of hydrogen-bond donors (Lipinski definition) is 1. The Morgan fingerprint density at radius 2 is 2.58 bits per heavy atom. The van der Waals surface area contributed by atoms with Crippen molar-refractivity contribution < 1.29 is 5.11 Å². The van der Waals surface area contributed by atoms with Gasteiger partial charge in [-0.25, -0.2) is 0 Å². The third kappa shape index (κ3) is 1.14. The molecule has 0 spiro atoms. The first-order valence-corrected chi connectivity index (χ1v) is 4.55. The fourth-order valence-corrected chi connectivity index (χ4v) is 1.74. The van der Waals surface area contributed by atoms with Crippen LogP contribution >= 0.6 is 0 Å². The Labute approximate surface area is 72.0 Å². The van der Waals surface area contributed by atoms with Crippen molar-refractivity contribution in [1.82, 2.24) is 9.78 Å². The van der Waals surface area contributed by atoms with E-state index in [1.807, 2.05) is 4.68 Å². The second-order valence-corrected chi connectivity index (χ2v) is 3.30. The number of aliphatic hydroxyl groups excluding tert-OH is 1. The summed E-state index contributed by atoms with van der Waals surface area (Å²) in [6.07, 6.45) is 4.77. The molecule has 1 aromatic heterocycles. The predicted octanol–water partition coefficient (Wildman–Crippen LogP) is 1.27. The topological polar surface area (TPSA) is 38.0 Å². The highest BCUT2D eigenvalue weighted by Gasteiger charge is 2.20. The third-order valence-electron chi connectivity index (χ3n) is 2.43. The summed E-state index contributed by atoms with van der Waals surface area (Å²) in [5, 5.41) is 13.9. The van der Waals surface area contributed by atoms with Crippen LogP contribution in [0.2, 0.25) is 0 Å². The van der Waals surface area contributed by atoms with E-state index >= 15 is 0 Å². The number of nitrogens with zero attached hydrogens (tertiary/aromatic N) is 2. The van der Waals surface area contributed by atoms with Gasteiger partial charge in [-0.1, -0.05) is 0 Å². The lowest BCUT2D eigenvalue weighted by atomic mass is 9.96. The van der Waals surface area contributed by atoms with E-state index in [1.54, 1.807) is 0 Å². The maximum absolute atomic E-state index is 9.59. The number of rotatable bonds is 1. The molecule has 1 aliphatic rings. The van der Waals surface area contributed by atoms with Crippen molar-refractivity contribution in [3.8, 4) is 0 Å². The van der Waals surface area contributed by atoms with Gasteiger partial charge in [0.1, 0.15) is 0 Å². The van der Waals surface area contributed by atoms with Crippen LogP contribution in [0.3, 0.4) is 0 Å². The lowest BCUT2D eigenvalue weighted by molar-refractivity contribution is 0.151. The van der Waals surface area contributed by atoms with Crippen LogP contribution in [0.5, 0.6) is 0 Å². The van der Waals surface area contributed by atoms with Crippen molar-refractivity contribution in [3.05, 3.63) is 17.5 Å². The van der Waals surface area contributed by atoms with Crippen LogP contribution in [0.1, 0.15) is 37.1 Å². The largest absolute Gasteiger partial charge is 0.387 e. The fraction of sp³-hybridized carbons (Fsp3) is 0.667. The van der Waals surface area contributed by atoms with Crippen LogP contribution < -0.4 is 0 Å². The summed E-state index contributed by atoms with van der Waals surface area (Å²) in [6, 6.07) is 0. The molecule has 1 unspecified atom stereocenters. The summed E-state index contributed by atoms with van der Waals surface area (Å²) in [5.41, 5.74) is 2.14. The second-order valence-electron chi connectivity index (χ2n) is 3.30. The van der Waals surface area contributed by atoms with Crippen LogP contribution in [-0.4, -0.2) is 14.9 Å². The van der Waals surface area contributed by atoms with Gasteiger partial charge in [0.2, 0.25) is 0 Å². The molecule has 0 aromatic carbocycles. The molecule has 0 aliphatic heterocycles. The predicted molar refractivity (Wildman–Crippen MR) is 45.8 cm³/mol.